The predicted molar refractivity (Wildman–Crippen MR) is 225 cm³/mol. The minimum Gasteiger partial charge on any atom is -0.352 e. The molecule has 0 amide bonds. The summed E-state index contributed by atoms with van der Waals surface area (Å²) in [5.41, 5.74) is 8.85. The molecule has 11 heteroatoms. The van der Waals surface area contributed by atoms with Crippen LogP contribution in [0, 0.1) is 0 Å². The van der Waals surface area contributed by atoms with E-state index in [9.17, 15) is 0 Å². The van der Waals surface area contributed by atoms with E-state index >= 15 is 0 Å². The van der Waals surface area contributed by atoms with Gasteiger partial charge >= 0.3 is 0 Å². The minimum absolute atomic E-state index is 0.622. The molecule has 0 radical (unpaired) electrons. The van der Waals surface area contributed by atoms with E-state index in [0.29, 0.717) is 0 Å². The first-order chi connectivity index (χ1) is 25.9. The van der Waals surface area contributed by atoms with Gasteiger partial charge in [0.25, 0.3) is 5.91 Å². The van der Waals surface area contributed by atoms with E-state index in [2.05, 4.69) is 135 Å². The highest BCUT2D eigenvalue weighted by Crippen LogP contribution is 2.60. The van der Waals surface area contributed by atoms with Crippen LogP contribution in [-0.2, 0) is 0 Å². The number of benzene rings is 6. The lowest BCUT2D eigenvalue weighted by Gasteiger charge is -2.56. The molecule has 272 valence electrons. The van der Waals surface area contributed by atoms with E-state index in [-0.39, 0.29) is 0 Å². The Morgan fingerprint density at radius 3 is 1.00 bits per heavy atom. The van der Waals surface area contributed by atoms with E-state index in [0.717, 1.165) is 34.1 Å². The first kappa shape index (κ1) is 37.0. The van der Waals surface area contributed by atoms with Crippen molar-refractivity contribution in [3.8, 4) is 0 Å². The van der Waals surface area contributed by atoms with Crippen LogP contribution in [0.2, 0.25) is 0 Å². The minimum atomic E-state index is -3.08. The fraction of sp³-hybridized carbons (Fsp3) is 0.143. The van der Waals surface area contributed by atoms with Crippen LogP contribution in [0.5, 0.6) is 0 Å². The summed E-state index contributed by atoms with van der Waals surface area (Å²) in [4.78, 5) is 5.56. The van der Waals surface area contributed by atoms with Crippen LogP contribution in [0.4, 0.5) is 34.1 Å². The van der Waals surface area contributed by atoms with Gasteiger partial charge in [0.15, 0.2) is 13.8 Å². The Balaban J connectivity index is 1.71. The topological polar surface area (TPSA) is 94.3 Å². The Kier molecular flexibility index (Phi) is 12.3. The molecule has 0 saturated heterocycles. The fourth-order valence-corrected chi connectivity index (χ4v) is 9.33. The maximum Gasteiger partial charge on any atom is 0.258 e. The number of para-hydroxylation sites is 6. The van der Waals surface area contributed by atoms with Crippen LogP contribution in [0.25, 0.3) is 0 Å². The molecule has 0 atom stereocenters. The molecule has 0 saturated carbocycles. The Bertz CT molecular complexity index is 1850. The second-order valence-corrected chi connectivity index (χ2v) is 16.1. The molecule has 6 rings (SSSR count). The number of anilines is 6. The lowest BCUT2D eigenvalue weighted by atomic mass is 10.2. The zero-order chi connectivity index (χ0) is 36.9. The molecule has 0 spiro atoms. The Labute approximate surface area is 314 Å². The average Bonchev–Trinajstić information content (AvgIpc) is 3.18. The van der Waals surface area contributed by atoms with E-state index in [1.807, 2.05) is 121 Å². The van der Waals surface area contributed by atoms with Crippen molar-refractivity contribution in [1.82, 2.24) is 14.0 Å². The summed E-state index contributed by atoms with van der Waals surface area (Å²) in [6, 6.07) is 61.2. The van der Waals surface area contributed by atoms with E-state index in [1.165, 1.54) is 0 Å². The summed E-state index contributed by atoms with van der Waals surface area (Å²) >= 11 is 0. The van der Waals surface area contributed by atoms with Crippen molar-refractivity contribution in [2.24, 2.45) is 4.85 Å². The van der Waals surface area contributed by atoms with Crippen LogP contribution in [0.15, 0.2) is 187 Å². The van der Waals surface area contributed by atoms with Gasteiger partial charge in [0, 0.05) is 28.4 Å². The van der Waals surface area contributed by atoms with Crippen LogP contribution in [0.3, 0.4) is 0 Å². The average molecular weight is 725 g/mol. The number of hydrogen-bond acceptors (Lipinski definition) is 6. The highest BCUT2D eigenvalue weighted by atomic mass is 31.2. The molecule has 0 aliphatic carbocycles. The number of rotatable bonds is 17. The molecule has 0 heterocycles. The van der Waals surface area contributed by atoms with Gasteiger partial charge in [-0.25, -0.2) is 0 Å². The third kappa shape index (κ3) is 9.18. The van der Waals surface area contributed by atoms with Crippen molar-refractivity contribution >= 4 is 41.6 Å². The Hall–Kier alpha value is -5.77. The first-order valence-corrected chi connectivity index (χ1v) is 19.2. The Morgan fingerprint density at radius 2 is 0.698 bits per heavy atom. The molecule has 6 aromatic rings. The molecule has 0 aliphatic heterocycles. The lowest BCUT2D eigenvalue weighted by molar-refractivity contribution is 0.228. The van der Waals surface area contributed by atoms with Crippen LogP contribution < -0.4 is 32.0 Å². The van der Waals surface area contributed by atoms with Gasteiger partial charge < -0.3 is 26.6 Å². The monoisotopic (exact) mass is 724 g/mol. The van der Waals surface area contributed by atoms with Crippen molar-refractivity contribution < 1.29 is 0 Å². The summed E-state index contributed by atoms with van der Waals surface area (Å²) in [7, 11) is 5.25. The van der Waals surface area contributed by atoms with Crippen LogP contribution in [-0.4, -0.2) is 54.4 Å². The Morgan fingerprint density at radius 1 is 0.415 bits per heavy atom. The molecule has 0 bridgehead atoms. The second-order valence-electron chi connectivity index (χ2n) is 12.8. The van der Waals surface area contributed by atoms with Crippen molar-refractivity contribution in [2.45, 2.75) is 12.2 Å². The summed E-state index contributed by atoms with van der Waals surface area (Å²) in [5, 5.41) is 19.7. The number of nitrogens with one attached hydrogen (secondary N) is 6. The predicted octanol–water partition coefficient (Wildman–Crippen LogP) is 9.84. The largest absolute Gasteiger partial charge is 0.352 e. The van der Waals surface area contributed by atoms with Gasteiger partial charge in [0.1, 0.15) is 0 Å². The third-order valence-electron chi connectivity index (χ3n) is 8.49. The summed E-state index contributed by atoms with van der Waals surface area (Å²) < 4.78 is 6.76. The third-order valence-corrected chi connectivity index (χ3v) is 12.1. The van der Waals surface area contributed by atoms with Crippen LogP contribution >= 0.6 is 7.51 Å². The molecule has 10 nitrogen and oxygen atoms in total. The molecular formula is C42H49N10P. The highest BCUT2D eigenvalue weighted by molar-refractivity contribution is 7.59. The molecule has 0 fully saturated rings. The zero-order valence-electron chi connectivity index (χ0n) is 30.6. The molecule has 6 aromatic carbocycles. The summed E-state index contributed by atoms with van der Waals surface area (Å²) in [6.45, 7) is 0. The van der Waals surface area contributed by atoms with Gasteiger partial charge in [-0.2, -0.15) is 0 Å². The van der Waals surface area contributed by atoms with Gasteiger partial charge in [-0.15, -0.1) is 9.52 Å². The highest BCUT2D eigenvalue weighted by Gasteiger charge is 2.53. The molecule has 53 heavy (non-hydrogen) atoms. The molecule has 0 unspecified atom stereocenters. The van der Waals surface area contributed by atoms with Crippen LogP contribution in [0.1, 0.15) is 0 Å². The SMILES string of the molecule is CN(C)P(=NNc1ccccc1)(N(C)C)N(C(Nc1ccccc1)Nc1ccccc1)C(Nc1ccccc1)(Nc1ccccc1)Nc1ccccc1. The smallest absolute Gasteiger partial charge is 0.258 e. The van der Waals surface area contributed by atoms with Crippen molar-refractivity contribution in [3.63, 3.8) is 0 Å². The van der Waals surface area contributed by atoms with Gasteiger partial charge in [-0.1, -0.05) is 109 Å². The van der Waals surface area contributed by atoms with E-state index in [1.54, 1.807) is 0 Å². The van der Waals surface area contributed by atoms with E-state index in [4.69, 9.17) is 4.85 Å². The fourth-order valence-electron chi connectivity index (χ4n) is 6.16. The van der Waals surface area contributed by atoms with Crippen molar-refractivity contribution in [1.29, 1.82) is 0 Å². The molecular weight excluding hydrogens is 676 g/mol. The van der Waals surface area contributed by atoms with E-state index < -0.39 is 19.7 Å². The second kappa shape index (κ2) is 17.6. The van der Waals surface area contributed by atoms with Gasteiger partial charge in [0.2, 0.25) is 0 Å². The normalized spacial score (nSPS) is 11.7. The maximum absolute atomic E-state index is 5.56. The van der Waals surface area contributed by atoms with Crippen molar-refractivity contribution in [3.05, 3.63) is 182 Å². The first-order valence-electron chi connectivity index (χ1n) is 17.6. The molecule has 0 aromatic heterocycles. The summed E-state index contributed by atoms with van der Waals surface area (Å²) in [5.74, 6) is -1.30. The molecule has 0 aliphatic rings. The van der Waals surface area contributed by atoms with Gasteiger partial charge in [-0.3, -0.25) is 14.8 Å². The van der Waals surface area contributed by atoms with Crippen molar-refractivity contribution in [2.75, 3.05) is 60.2 Å². The quantitative estimate of drug-likeness (QED) is 0.0312. The van der Waals surface area contributed by atoms with Gasteiger partial charge in [0.05, 0.1) is 5.69 Å². The number of hydrogen-bond donors (Lipinski definition) is 6. The maximum atomic E-state index is 5.56. The van der Waals surface area contributed by atoms with Gasteiger partial charge in [-0.05, 0) is 101 Å². The molecule has 6 N–H and O–H groups in total. The zero-order valence-corrected chi connectivity index (χ0v) is 31.5. The number of nitrogens with zero attached hydrogens (tertiary/aromatic N) is 4. The standard InChI is InChI=1S/C42H49N10P/c1-50(2)53(51(3)4,49-48-40-33-21-10-22-34-40)52(41(43-35-23-11-5-12-24-35)44-36-25-13-6-14-26-36)42(45-37-27-15-7-16-28-37,46-38-29-17-8-18-30-38)47-39-31-19-9-20-32-39/h5-34,41,43-48H,1-4H3. The lowest BCUT2D eigenvalue weighted by Crippen LogP contribution is -2.70. The summed E-state index contributed by atoms with van der Waals surface area (Å²) in [6.07, 6.45) is -0.622.